The van der Waals surface area contributed by atoms with Crippen molar-refractivity contribution >= 4 is 5.97 Å². The second-order valence-corrected chi connectivity index (χ2v) is 13.7. The van der Waals surface area contributed by atoms with Crippen LogP contribution in [-0.4, -0.2) is 39.5 Å². The first-order valence-corrected chi connectivity index (χ1v) is 16.2. The molecule has 4 fully saturated rings. The number of oxazole rings is 1. The molecule has 0 radical (unpaired) electrons. The van der Waals surface area contributed by atoms with Crippen LogP contribution in [0.1, 0.15) is 122 Å². The van der Waals surface area contributed by atoms with E-state index in [-0.39, 0.29) is 22.9 Å². The quantitative estimate of drug-likeness (QED) is 0.274. The van der Waals surface area contributed by atoms with E-state index in [9.17, 15) is 15.0 Å². The highest BCUT2D eigenvalue weighted by Gasteiger charge is 2.56. The second-order valence-electron chi connectivity index (χ2n) is 13.7. The van der Waals surface area contributed by atoms with Gasteiger partial charge in [0.25, 0.3) is 0 Å². The van der Waals surface area contributed by atoms with Gasteiger partial charge in [-0.25, -0.2) is 4.98 Å². The number of aliphatic hydroxyl groups excluding tert-OH is 2. The number of aromatic nitrogens is 1. The lowest BCUT2D eigenvalue weighted by atomic mass is 9.62. The summed E-state index contributed by atoms with van der Waals surface area (Å²) < 4.78 is 12.1. The summed E-state index contributed by atoms with van der Waals surface area (Å²) in [6.07, 6.45) is 20.0. The Labute approximate surface area is 246 Å². The molecule has 4 saturated carbocycles. The Kier molecular flexibility index (Phi) is 9.30. The zero-order valence-electron chi connectivity index (χ0n) is 25.5. The molecule has 1 heterocycles. The van der Waals surface area contributed by atoms with E-state index >= 15 is 0 Å². The van der Waals surface area contributed by atoms with Crippen LogP contribution >= 0.6 is 0 Å². The van der Waals surface area contributed by atoms with Gasteiger partial charge in [0.15, 0.2) is 0 Å². The van der Waals surface area contributed by atoms with Crippen LogP contribution in [0.15, 0.2) is 46.1 Å². The van der Waals surface area contributed by atoms with Gasteiger partial charge in [-0.2, -0.15) is 0 Å². The molecule has 0 spiro atoms. The molecule has 0 aromatic carbocycles. The van der Waals surface area contributed by atoms with E-state index in [0.29, 0.717) is 24.7 Å². The number of hydrogen-bond acceptors (Lipinski definition) is 6. The topological polar surface area (TPSA) is 92.8 Å². The molecule has 1 aromatic rings. The van der Waals surface area contributed by atoms with Crippen LogP contribution in [0.4, 0.5) is 0 Å². The first-order chi connectivity index (χ1) is 19.7. The largest absolute Gasteiger partial charge is 0.461 e. The van der Waals surface area contributed by atoms with E-state index in [4.69, 9.17) is 9.15 Å². The highest BCUT2D eigenvalue weighted by Crippen LogP contribution is 2.59. The van der Waals surface area contributed by atoms with Crippen molar-refractivity contribution in [2.45, 2.75) is 141 Å². The Hall–Kier alpha value is -2.18. The van der Waals surface area contributed by atoms with Crippen molar-refractivity contribution in [1.29, 1.82) is 0 Å². The fraction of sp³-hybridized carbons (Fsp3) is 0.714. The number of rotatable bonds is 11. The van der Waals surface area contributed by atoms with Crippen molar-refractivity contribution in [3.05, 3.63) is 53.3 Å². The van der Waals surface area contributed by atoms with Gasteiger partial charge in [0, 0.05) is 19.8 Å². The first-order valence-electron chi connectivity index (χ1n) is 16.2. The van der Waals surface area contributed by atoms with E-state index in [2.05, 4.69) is 37.6 Å². The summed E-state index contributed by atoms with van der Waals surface area (Å²) in [7, 11) is 0. The van der Waals surface area contributed by atoms with Crippen LogP contribution in [0.3, 0.4) is 0 Å². The molecule has 4 aliphatic rings. The van der Waals surface area contributed by atoms with E-state index in [1.54, 1.807) is 0 Å². The smallest absolute Gasteiger partial charge is 0.302 e. The molecule has 5 rings (SSSR count). The van der Waals surface area contributed by atoms with Crippen molar-refractivity contribution < 1.29 is 24.2 Å². The number of aryl methyl sites for hydroxylation is 1. The zero-order valence-corrected chi connectivity index (χ0v) is 25.5. The van der Waals surface area contributed by atoms with Crippen LogP contribution in [0, 0.1) is 17.3 Å². The number of ether oxygens (including phenoxy) is 1. The van der Waals surface area contributed by atoms with Crippen molar-refractivity contribution in [2.75, 3.05) is 0 Å². The molecule has 1 aromatic heterocycles. The lowest BCUT2D eigenvalue weighted by Gasteiger charge is -2.42. The van der Waals surface area contributed by atoms with Gasteiger partial charge in [-0.05, 0) is 105 Å². The van der Waals surface area contributed by atoms with Gasteiger partial charge in [0.2, 0.25) is 5.89 Å². The molecule has 0 amide bonds. The molecule has 4 unspecified atom stereocenters. The van der Waals surface area contributed by atoms with Crippen molar-refractivity contribution in [3.8, 4) is 0 Å². The molecule has 226 valence electrons. The fourth-order valence-corrected chi connectivity index (χ4v) is 8.30. The van der Waals surface area contributed by atoms with Gasteiger partial charge in [-0.15, -0.1) is 0 Å². The summed E-state index contributed by atoms with van der Waals surface area (Å²) in [6, 6.07) is 0. The van der Waals surface area contributed by atoms with E-state index < -0.39 is 12.2 Å². The molecule has 4 aliphatic carbocycles. The number of aliphatic hydroxyl groups is 2. The van der Waals surface area contributed by atoms with Crippen molar-refractivity contribution in [3.63, 3.8) is 0 Å². The summed E-state index contributed by atoms with van der Waals surface area (Å²) in [5.74, 6) is 2.73. The minimum absolute atomic E-state index is 0.176. The SMILES string of the molecule is C=C1/C(=C\C=C2/CCCC3(C)C(CCCC(OC(C)=O)C4(c5ncc(CCCC)o5)CC4)CCC23)C[C@@H](O)C[C@@H]1O. The lowest BCUT2D eigenvalue weighted by molar-refractivity contribution is -0.149. The fourth-order valence-electron chi connectivity index (χ4n) is 8.30. The number of hydrogen-bond donors (Lipinski definition) is 2. The standard InChI is InChI=1S/C35H51NO5/c1-5-6-11-29-22-36-33(41-29)35(18-19-35)32(40-24(3)37)12-7-10-27-15-16-30-25(9-8-17-34(27,30)4)13-14-26-20-28(38)21-31(39)23(26)2/h13-14,22,27-28,30-32,38-39H,2,5-12,15-21H2,1,3-4H3/b25-13+,26-14-/t27?,28-,30?,31+,32?,34?/m1/s1. The zero-order chi connectivity index (χ0) is 29.2. The summed E-state index contributed by atoms with van der Waals surface area (Å²) >= 11 is 0. The van der Waals surface area contributed by atoms with Gasteiger partial charge in [-0.1, -0.05) is 44.6 Å². The Morgan fingerprint density at radius 3 is 2.78 bits per heavy atom. The normalized spacial score (nSPS) is 33.6. The van der Waals surface area contributed by atoms with Gasteiger partial charge in [-0.3, -0.25) is 4.79 Å². The van der Waals surface area contributed by atoms with Crippen molar-refractivity contribution in [2.24, 2.45) is 17.3 Å². The number of unbranched alkanes of at least 4 members (excludes halogenated alkanes) is 1. The predicted molar refractivity (Wildman–Crippen MR) is 160 cm³/mol. The summed E-state index contributed by atoms with van der Waals surface area (Å²) in [4.78, 5) is 16.8. The van der Waals surface area contributed by atoms with Crippen LogP contribution in [0.25, 0.3) is 0 Å². The molecule has 41 heavy (non-hydrogen) atoms. The molecule has 0 saturated heterocycles. The maximum atomic E-state index is 12.1. The highest BCUT2D eigenvalue weighted by atomic mass is 16.5. The molecule has 2 N–H and O–H groups in total. The van der Waals surface area contributed by atoms with Crippen LogP contribution in [0.2, 0.25) is 0 Å². The average molecular weight is 566 g/mol. The Bertz CT molecular complexity index is 1160. The van der Waals surface area contributed by atoms with E-state index in [1.165, 1.54) is 38.2 Å². The first kappa shape index (κ1) is 30.3. The summed E-state index contributed by atoms with van der Waals surface area (Å²) in [6.45, 7) is 10.3. The third-order valence-corrected chi connectivity index (χ3v) is 10.9. The molecule has 0 aliphatic heterocycles. The Morgan fingerprint density at radius 2 is 2.05 bits per heavy atom. The van der Waals surface area contributed by atoms with Crippen LogP contribution in [0.5, 0.6) is 0 Å². The molecular formula is C35H51NO5. The number of fused-ring (bicyclic) bond motifs is 1. The van der Waals surface area contributed by atoms with Gasteiger partial charge >= 0.3 is 5.97 Å². The van der Waals surface area contributed by atoms with Gasteiger partial charge < -0.3 is 19.4 Å². The third-order valence-electron chi connectivity index (χ3n) is 10.9. The predicted octanol–water partition coefficient (Wildman–Crippen LogP) is 7.29. The highest BCUT2D eigenvalue weighted by molar-refractivity contribution is 5.66. The number of esters is 1. The number of carbonyl (C=O) groups is 1. The average Bonchev–Trinajstić information content (AvgIpc) is 3.47. The minimum atomic E-state index is -0.645. The maximum Gasteiger partial charge on any atom is 0.302 e. The summed E-state index contributed by atoms with van der Waals surface area (Å²) in [5.41, 5.74) is 3.30. The van der Waals surface area contributed by atoms with Gasteiger partial charge in [0.1, 0.15) is 11.9 Å². The molecule has 6 nitrogen and oxygen atoms in total. The molecule has 6 heteroatoms. The van der Waals surface area contributed by atoms with Crippen LogP contribution < -0.4 is 0 Å². The Morgan fingerprint density at radius 1 is 1.24 bits per heavy atom. The number of allylic oxidation sites excluding steroid dienone is 3. The minimum Gasteiger partial charge on any atom is -0.461 e. The van der Waals surface area contributed by atoms with Crippen LogP contribution in [-0.2, 0) is 21.4 Å². The lowest BCUT2D eigenvalue weighted by Crippen LogP contribution is -2.34. The van der Waals surface area contributed by atoms with Gasteiger partial charge in [0.05, 0.1) is 23.8 Å². The summed E-state index contributed by atoms with van der Waals surface area (Å²) in [5, 5.41) is 20.4. The van der Waals surface area contributed by atoms with E-state index in [0.717, 1.165) is 80.6 Å². The molecule has 0 bridgehead atoms. The third kappa shape index (κ3) is 6.44. The maximum absolute atomic E-state index is 12.1. The number of carbonyl (C=O) groups excluding carboxylic acids is 1. The number of nitrogens with zero attached hydrogens (tertiary/aromatic N) is 1. The van der Waals surface area contributed by atoms with Crippen molar-refractivity contribution in [1.82, 2.24) is 4.98 Å². The second kappa shape index (κ2) is 12.6. The van der Waals surface area contributed by atoms with E-state index in [1.807, 2.05) is 6.20 Å². The monoisotopic (exact) mass is 565 g/mol. The molecular weight excluding hydrogens is 514 g/mol. The molecule has 6 atom stereocenters. The Balaban J connectivity index is 1.23.